The Kier molecular flexibility index (Phi) is 5.12. The van der Waals surface area contributed by atoms with Gasteiger partial charge in [-0.25, -0.2) is 9.59 Å². The Morgan fingerprint density at radius 3 is 2.38 bits per heavy atom. The molecule has 1 aliphatic carbocycles. The summed E-state index contributed by atoms with van der Waals surface area (Å²) in [7, 11) is 0. The first kappa shape index (κ1) is 16.1. The Morgan fingerprint density at radius 2 is 1.76 bits per heavy atom. The molecule has 0 aromatic carbocycles. The maximum Gasteiger partial charge on any atom is 0.329 e. The average Bonchev–Trinajstić information content (AvgIpc) is 2.66. The molecular formula is C16H28N2O3. The minimum atomic E-state index is -1.06. The van der Waals surface area contributed by atoms with Crippen LogP contribution in [0, 0.1) is 5.92 Å². The van der Waals surface area contributed by atoms with Crippen LogP contribution >= 0.6 is 0 Å². The topological polar surface area (TPSA) is 69.6 Å². The Labute approximate surface area is 127 Å². The van der Waals surface area contributed by atoms with Crippen molar-refractivity contribution in [2.24, 2.45) is 5.92 Å². The number of aliphatic carboxylic acids is 1. The van der Waals surface area contributed by atoms with Crippen LogP contribution in [0.3, 0.4) is 0 Å². The number of carboxylic acids is 1. The van der Waals surface area contributed by atoms with E-state index < -0.39 is 11.5 Å². The number of hydrogen-bond donors (Lipinski definition) is 2. The van der Waals surface area contributed by atoms with Gasteiger partial charge in [-0.15, -0.1) is 0 Å². The summed E-state index contributed by atoms with van der Waals surface area (Å²) in [6, 6.07) is 0.00205. The zero-order valence-corrected chi connectivity index (χ0v) is 13.2. The highest BCUT2D eigenvalue weighted by atomic mass is 16.4. The summed E-state index contributed by atoms with van der Waals surface area (Å²) in [5.74, 6) is -0.336. The van der Waals surface area contributed by atoms with Crippen LogP contribution in [0.5, 0.6) is 0 Å². The van der Waals surface area contributed by atoms with E-state index in [-0.39, 0.29) is 12.1 Å². The standard InChI is InChI=1S/C16H28N2O3/c1-12-7-9-16(10-8-12,14(19)20)17-15(21)18-11-5-3-4-6-13(18)2/h12-13H,3-11H2,1-2H3,(H,17,21)(H,19,20). The molecular weight excluding hydrogens is 268 g/mol. The van der Waals surface area contributed by atoms with Crippen molar-refractivity contribution in [1.82, 2.24) is 10.2 Å². The average molecular weight is 296 g/mol. The van der Waals surface area contributed by atoms with Gasteiger partial charge in [0.2, 0.25) is 0 Å². The van der Waals surface area contributed by atoms with E-state index in [9.17, 15) is 14.7 Å². The predicted octanol–water partition coefficient (Wildman–Crippen LogP) is 2.99. The fraction of sp³-hybridized carbons (Fsp3) is 0.875. The number of carbonyl (C=O) groups excluding carboxylic acids is 1. The van der Waals surface area contributed by atoms with Gasteiger partial charge in [0.25, 0.3) is 0 Å². The van der Waals surface area contributed by atoms with Crippen LogP contribution in [0.1, 0.15) is 65.2 Å². The van der Waals surface area contributed by atoms with Crippen LogP contribution in [0.4, 0.5) is 4.79 Å². The van der Waals surface area contributed by atoms with Crippen molar-refractivity contribution in [2.45, 2.75) is 76.8 Å². The quantitative estimate of drug-likeness (QED) is 0.823. The molecule has 2 rings (SSSR count). The molecule has 0 radical (unpaired) electrons. The van der Waals surface area contributed by atoms with Crippen molar-refractivity contribution in [2.75, 3.05) is 6.54 Å². The molecule has 120 valence electrons. The number of rotatable bonds is 2. The molecule has 2 amide bonds. The maximum atomic E-state index is 12.6. The van der Waals surface area contributed by atoms with Crippen LogP contribution < -0.4 is 5.32 Å². The summed E-state index contributed by atoms with van der Waals surface area (Å²) in [5, 5.41) is 12.5. The molecule has 1 unspecified atom stereocenters. The van der Waals surface area contributed by atoms with Crippen molar-refractivity contribution in [3.05, 3.63) is 0 Å². The first-order chi connectivity index (χ1) is 9.94. The molecule has 5 nitrogen and oxygen atoms in total. The number of nitrogens with zero attached hydrogens (tertiary/aromatic N) is 1. The Bertz CT molecular complexity index is 389. The maximum absolute atomic E-state index is 12.6. The number of amides is 2. The number of nitrogens with one attached hydrogen (secondary N) is 1. The zero-order valence-electron chi connectivity index (χ0n) is 13.2. The molecule has 21 heavy (non-hydrogen) atoms. The third-order valence-corrected chi connectivity index (χ3v) is 5.20. The highest BCUT2D eigenvalue weighted by molar-refractivity contribution is 5.86. The van der Waals surface area contributed by atoms with Crippen LogP contribution in [0.15, 0.2) is 0 Å². The third kappa shape index (κ3) is 3.69. The minimum absolute atomic E-state index is 0.193. The van der Waals surface area contributed by atoms with Gasteiger partial charge in [-0.1, -0.05) is 19.8 Å². The van der Waals surface area contributed by atoms with Crippen molar-refractivity contribution in [3.8, 4) is 0 Å². The summed E-state index contributed by atoms with van der Waals surface area (Å²) in [4.78, 5) is 26.1. The molecule has 2 N–H and O–H groups in total. The summed E-state index contributed by atoms with van der Waals surface area (Å²) in [6.45, 7) is 4.94. The van der Waals surface area contributed by atoms with Crippen molar-refractivity contribution in [3.63, 3.8) is 0 Å². The molecule has 0 spiro atoms. The predicted molar refractivity (Wildman–Crippen MR) is 81.2 cm³/mol. The summed E-state index contributed by atoms with van der Waals surface area (Å²) < 4.78 is 0. The number of carbonyl (C=O) groups is 2. The zero-order chi connectivity index (χ0) is 15.5. The van der Waals surface area contributed by atoms with Crippen molar-refractivity contribution >= 4 is 12.0 Å². The minimum Gasteiger partial charge on any atom is -0.480 e. The fourth-order valence-electron chi connectivity index (χ4n) is 3.50. The Balaban J connectivity index is 2.06. The van der Waals surface area contributed by atoms with Gasteiger partial charge in [-0.2, -0.15) is 0 Å². The lowest BCUT2D eigenvalue weighted by molar-refractivity contribution is -0.146. The smallest absolute Gasteiger partial charge is 0.329 e. The number of hydrogen-bond acceptors (Lipinski definition) is 2. The van der Waals surface area contributed by atoms with Gasteiger partial charge in [0.05, 0.1) is 0 Å². The van der Waals surface area contributed by atoms with E-state index in [2.05, 4.69) is 19.2 Å². The monoisotopic (exact) mass is 296 g/mol. The van der Waals surface area contributed by atoms with Gasteiger partial charge in [-0.05, 0) is 51.4 Å². The highest BCUT2D eigenvalue weighted by Gasteiger charge is 2.43. The molecule has 0 aromatic heterocycles. The van der Waals surface area contributed by atoms with Gasteiger partial charge < -0.3 is 15.3 Å². The fourth-order valence-corrected chi connectivity index (χ4v) is 3.50. The summed E-state index contributed by atoms with van der Waals surface area (Å²) >= 11 is 0. The van der Waals surface area contributed by atoms with Gasteiger partial charge in [0, 0.05) is 12.6 Å². The van der Waals surface area contributed by atoms with E-state index in [1.54, 1.807) is 0 Å². The first-order valence-corrected chi connectivity index (χ1v) is 8.27. The molecule has 1 saturated carbocycles. The SMILES string of the molecule is CC1CCC(NC(=O)N2CCCCCC2C)(C(=O)O)CC1. The molecule has 5 heteroatoms. The van der Waals surface area contributed by atoms with Crippen molar-refractivity contribution in [1.29, 1.82) is 0 Å². The summed E-state index contributed by atoms with van der Waals surface area (Å²) in [5.41, 5.74) is -1.06. The van der Waals surface area contributed by atoms with Crippen molar-refractivity contribution < 1.29 is 14.7 Å². The molecule has 2 fully saturated rings. The lowest BCUT2D eigenvalue weighted by atomic mass is 9.77. The lowest BCUT2D eigenvalue weighted by Gasteiger charge is -2.39. The molecule has 0 aromatic rings. The van der Waals surface area contributed by atoms with E-state index in [4.69, 9.17) is 0 Å². The molecule has 1 atom stereocenters. The molecule has 0 bridgehead atoms. The van der Waals surface area contributed by atoms with Gasteiger partial charge in [0.1, 0.15) is 5.54 Å². The number of urea groups is 1. The lowest BCUT2D eigenvalue weighted by Crippen LogP contribution is -2.60. The van der Waals surface area contributed by atoms with E-state index in [1.807, 2.05) is 4.90 Å². The second-order valence-electron chi connectivity index (χ2n) is 6.89. The van der Waals surface area contributed by atoms with Gasteiger partial charge in [-0.3, -0.25) is 0 Å². The van der Waals surface area contributed by atoms with Crippen LogP contribution in [0.25, 0.3) is 0 Å². The van der Waals surface area contributed by atoms with E-state index in [0.29, 0.717) is 18.8 Å². The second-order valence-corrected chi connectivity index (χ2v) is 6.89. The highest BCUT2D eigenvalue weighted by Crippen LogP contribution is 2.32. The largest absolute Gasteiger partial charge is 0.480 e. The number of carboxylic acid groups (broad SMARTS) is 1. The summed E-state index contributed by atoms with van der Waals surface area (Å²) in [6.07, 6.45) is 7.11. The van der Waals surface area contributed by atoms with E-state index in [0.717, 1.165) is 45.1 Å². The van der Waals surface area contributed by atoms with E-state index >= 15 is 0 Å². The molecule has 1 aliphatic heterocycles. The van der Waals surface area contributed by atoms with E-state index in [1.165, 1.54) is 0 Å². The normalized spacial score (nSPS) is 34.1. The van der Waals surface area contributed by atoms with Gasteiger partial charge in [0.15, 0.2) is 0 Å². The third-order valence-electron chi connectivity index (χ3n) is 5.20. The van der Waals surface area contributed by atoms with Gasteiger partial charge >= 0.3 is 12.0 Å². The Hall–Kier alpha value is -1.26. The van der Waals surface area contributed by atoms with Crippen LogP contribution in [-0.4, -0.2) is 40.1 Å². The molecule has 1 saturated heterocycles. The van der Waals surface area contributed by atoms with Crippen LogP contribution in [0.2, 0.25) is 0 Å². The Morgan fingerprint density at radius 1 is 1.10 bits per heavy atom. The second kappa shape index (κ2) is 6.67. The molecule has 1 heterocycles. The number of likely N-dealkylation sites (tertiary alicyclic amines) is 1. The first-order valence-electron chi connectivity index (χ1n) is 8.27. The van der Waals surface area contributed by atoms with Crippen LogP contribution in [-0.2, 0) is 4.79 Å². The molecule has 2 aliphatic rings.